The van der Waals surface area contributed by atoms with E-state index in [0.717, 1.165) is 20.3 Å². The monoisotopic (exact) mass is 233 g/mol. The number of nitrogens with one attached hydrogen (secondary N) is 1. The van der Waals surface area contributed by atoms with Crippen molar-refractivity contribution in [2.75, 3.05) is 14.2 Å². The molecule has 0 spiro atoms. The number of hydrogen-bond acceptors (Lipinski definition) is 4. The lowest BCUT2D eigenvalue weighted by Gasteiger charge is -2.10. The lowest BCUT2D eigenvalue weighted by molar-refractivity contribution is 0.0579. The van der Waals surface area contributed by atoms with Gasteiger partial charge < -0.3 is 14.5 Å². The molecular formula is C9H9F2NO4. The number of pyridine rings is 1. The smallest absolute Gasteiger partial charge is 0.355 e. The van der Waals surface area contributed by atoms with Crippen LogP contribution < -0.4 is 10.3 Å². The highest BCUT2D eigenvalue weighted by atomic mass is 19.3. The van der Waals surface area contributed by atoms with Gasteiger partial charge in [0, 0.05) is 6.07 Å². The van der Waals surface area contributed by atoms with E-state index in [1.54, 1.807) is 0 Å². The first-order chi connectivity index (χ1) is 7.51. The van der Waals surface area contributed by atoms with Crippen LogP contribution in [0.15, 0.2) is 10.9 Å². The topological polar surface area (TPSA) is 68.4 Å². The summed E-state index contributed by atoms with van der Waals surface area (Å²) in [5.41, 5.74) is -2.00. The second kappa shape index (κ2) is 4.73. The van der Waals surface area contributed by atoms with E-state index in [4.69, 9.17) is 0 Å². The molecule has 1 aromatic heterocycles. The van der Waals surface area contributed by atoms with Crippen molar-refractivity contribution >= 4 is 5.97 Å². The van der Waals surface area contributed by atoms with Crippen molar-refractivity contribution in [3.8, 4) is 5.75 Å². The van der Waals surface area contributed by atoms with Gasteiger partial charge in [0.15, 0.2) is 0 Å². The second-order valence-electron chi connectivity index (χ2n) is 2.78. The highest BCUT2D eigenvalue weighted by molar-refractivity contribution is 5.89. The molecule has 0 saturated heterocycles. The maximum atomic E-state index is 12.7. The van der Waals surface area contributed by atoms with Gasteiger partial charge in [-0.2, -0.15) is 0 Å². The summed E-state index contributed by atoms with van der Waals surface area (Å²) in [7, 11) is 2.15. The molecule has 88 valence electrons. The van der Waals surface area contributed by atoms with Crippen LogP contribution in [0.1, 0.15) is 22.5 Å². The Morgan fingerprint density at radius 1 is 1.44 bits per heavy atom. The molecule has 0 fully saturated rings. The molecule has 0 amide bonds. The number of carbonyl (C=O) groups excluding carboxylic acids is 1. The third-order valence-electron chi connectivity index (χ3n) is 1.87. The van der Waals surface area contributed by atoms with Crippen LogP contribution in [0.25, 0.3) is 0 Å². The van der Waals surface area contributed by atoms with E-state index in [2.05, 4.69) is 9.47 Å². The zero-order chi connectivity index (χ0) is 12.3. The van der Waals surface area contributed by atoms with Crippen molar-refractivity contribution in [3.63, 3.8) is 0 Å². The molecule has 1 heterocycles. The number of methoxy groups -OCH3 is 2. The lowest BCUT2D eigenvalue weighted by atomic mass is 10.2. The molecule has 0 bridgehead atoms. The van der Waals surface area contributed by atoms with Gasteiger partial charge in [-0.1, -0.05) is 0 Å². The number of alkyl halides is 2. The van der Waals surface area contributed by atoms with Crippen molar-refractivity contribution in [2.24, 2.45) is 0 Å². The normalized spacial score (nSPS) is 10.3. The van der Waals surface area contributed by atoms with Gasteiger partial charge in [-0.05, 0) is 0 Å². The zero-order valence-electron chi connectivity index (χ0n) is 8.54. The molecule has 1 N–H and O–H groups in total. The molecule has 0 saturated carbocycles. The minimum atomic E-state index is -2.96. The van der Waals surface area contributed by atoms with Gasteiger partial charge in [0.05, 0.1) is 19.8 Å². The molecule has 16 heavy (non-hydrogen) atoms. The van der Waals surface area contributed by atoms with Crippen molar-refractivity contribution in [1.82, 2.24) is 4.98 Å². The Morgan fingerprint density at radius 2 is 2.06 bits per heavy atom. The Labute approximate surface area is 89.0 Å². The molecule has 0 aliphatic carbocycles. The zero-order valence-corrected chi connectivity index (χ0v) is 8.54. The van der Waals surface area contributed by atoms with Gasteiger partial charge in [0.1, 0.15) is 11.4 Å². The summed E-state index contributed by atoms with van der Waals surface area (Å²) < 4.78 is 34.3. The molecule has 0 aliphatic rings. The number of ether oxygens (including phenoxy) is 2. The molecule has 0 aromatic carbocycles. The van der Waals surface area contributed by atoms with Crippen molar-refractivity contribution < 1.29 is 23.0 Å². The molecule has 1 aromatic rings. The lowest BCUT2D eigenvalue weighted by Crippen LogP contribution is -2.18. The summed E-state index contributed by atoms with van der Waals surface area (Å²) >= 11 is 0. The van der Waals surface area contributed by atoms with E-state index in [0.29, 0.717) is 0 Å². The van der Waals surface area contributed by atoms with Crippen molar-refractivity contribution in [1.29, 1.82) is 0 Å². The van der Waals surface area contributed by atoms with E-state index < -0.39 is 29.2 Å². The van der Waals surface area contributed by atoms with Gasteiger partial charge in [0.25, 0.3) is 12.0 Å². The highest BCUT2D eigenvalue weighted by Gasteiger charge is 2.25. The van der Waals surface area contributed by atoms with Gasteiger partial charge in [-0.25, -0.2) is 13.6 Å². The number of carbonyl (C=O) groups is 1. The van der Waals surface area contributed by atoms with Gasteiger partial charge in [-0.15, -0.1) is 0 Å². The van der Waals surface area contributed by atoms with Crippen LogP contribution in [-0.4, -0.2) is 25.2 Å². The minimum Gasteiger partial charge on any atom is -0.496 e. The highest BCUT2D eigenvalue weighted by Crippen LogP contribution is 2.30. The minimum absolute atomic E-state index is 0.348. The first-order valence-electron chi connectivity index (χ1n) is 4.19. The standard InChI is InChI=1S/C9H9F2NO4/c1-15-4-3-5(13)12-7(9(14)16-2)6(4)8(10)11/h3,8H,1-2H3,(H,12,13). The van der Waals surface area contributed by atoms with E-state index >= 15 is 0 Å². The van der Waals surface area contributed by atoms with Crippen molar-refractivity contribution in [2.45, 2.75) is 6.43 Å². The number of aromatic amines is 1. The Morgan fingerprint density at radius 3 is 2.50 bits per heavy atom. The quantitative estimate of drug-likeness (QED) is 0.794. The molecule has 0 radical (unpaired) electrons. The van der Waals surface area contributed by atoms with Gasteiger partial charge >= 0.3 is 5.97 Å². The van der Waals surface area contributed by atoms with E-state index in [9.17, 15) is 18.4 Å². The van der Waals surface area contributed by atoms with Crippen LogP contribution in [0.4, 0.5) is 8.78 Å². The van der Waals surface area contributed by atoms with Crippen molar-refractivity contribution in [3.05, 3.63) is 27.7 Å². The Bertz CT molecular complexity index is 455. The van der Waals surface area contributed by atoms with Crippen LogP contribution in [0.5, 0.6) is 5.75 Å². The fourth-order valence-electron chi connectivity index (χ4n) is 1.20. The summed E-state index contributed by atoms with van der Waals surface area (Å²) in [6.45, 7) is 0. The Hall–Kier alpha value is -1.92. The summed E-state index contributed by atoms with van der Waals surface area (Å²) in [5, 5.41) is 0. The van der Waals surface area contributed by atoms with Crippen LogP contribution in [0, 0.1) is 0 Å². The Balaban J connectivity index is 3.50. The number of hydrogen-bond donors (Lipinski definition) is 1. The van der Waals surface area contributed by atoms with E-state index in [1.165, 1.54) is 0 Å². The first-order valence-corrected chi connectivity index (χ1v) is 4.19. The number of halogens is 2. The summed E-state index contributed by atoms with van der Waals surface area (Å²) in [6, 6.07) is 0.841. The Kier molecular flexibility index (Phi) is 3.60. The molecule has 0 atom stereocenters. The number of aromatic nitrogens is 1. The largest absolute Gasteiger partial charge is 0.496 e. The number of rotatable bonds is 3. The van der Waals surface area contributed by atoms with Gasteiger partial charge in [-0.3, -0.25) is 4.79 Å². The fraction of sp³-hybridized carbons (Fsp3) is 0.333. The number of esters is 1. The molecular weight excluding hydrogens is 224 g/mol. The summed E-state index contributed by atoms with van der Waals surface area (Å²) in [6.07, 6.45) is -2.96. The SMILES string of the molecule is COC(=O)c1[nH]c(=O)cc(OC)c1C(F)F. The van der Waals surface area contributed by atoms with Crippen LogP contribution >= 0.6 is 0 Å². The summed E-state index contributed by atoms with van der Waals surface area (Å²) in [4.78, 5) is 24.2. The molecule has 5 nitrogen and oxygen atoms in total. The van der Waals surface area contributed by atoms with E-state index in [1.807, 2.05) is 4.98 Å². The molecule has 0 unspecified atom stereocenters. The van der Waals surface area contributed by atoms with Crippen LogP contribution in [-0.2, 0) is 4.74 Å². The molecule has 1 rings (SSSR count). The average molecular weight is 233 g/mol. The maximum Gasteiger partial charge on any atom is 0.355 e. The first kappa shape index (κ1) is 12.2. The average Bonchev–Trinajstić information content (AvgIpc) is 2.26. The second-order valence-corrected chi connectivity index (χ2v) is 2.78. The number of H-pyrrole nitrogens is 1. The fourth-order valence-corrected chi connectivity index (χ4v) is 1.20. The predicted molar refractivity (Wildman–Crippen MR) is 49.9 cm³/mol. The van der Waals surface area contributed by atoms with Gasteiger partial charge in [0.2, 0.25) is 0 Å². The molecule has 7 heteroatoms. The maximum absolute atomic E-state index is 12.7. The molecule has 0 aliphatic heterocycles. The van der Waals surface area contributed by atoms with E-state index in [-0.39, 0.29) is 5.75 Å². The predicted octanol–water partition coefficient (Wildman–Crippen LogP) is 1.11. The summed E-state index contributed by atoms with van der Waals surface area (Å²) in [5.74, 6) is -1.40. The third-order valence-corrected chi connectivity index (χ3v) is 1.87. The van der Waals surface area contributed by atoms with Crippen LogP contribution in [0.2, 0.25) is 0 Å². The third kappa shape index (κ3) is 2.18. The van der Waals surface area contributed by atoms with Crippen LogP contribution in [0.3, 0.4) is 0 Å².